The van der Waals surface area contributed by atoms with Gasteiger partial charge in [0, 0.05) is 23.0 Å². The van der Waals surface area contributed by atoms with Gasteiger partial charge in [-0.3, -0.25) is 14.2 Å². The Morgan fingerprint density at radius 2 is 1.66 bits per heavy atom. The van der Waals surface area contributed by atoms with E-state index in [-0.39, 0.29) is 30.1 Å². The lowest BCUT2D eigenvalue weighted by atomic mass is 10.1. The molecule has 0 spiro atoms. The summed E-state index contributed by atoms with van der Waals surface area (Å²) in [7, 11) is 0. The minimum Gasteiger partial charge on any atom is -0.353 e. The highest BCUT2D eigenvalue weighted by Crippen LogP contribution is 2.23. The lowest BCUT2D eigenvalue weighted by molar-refractivity contribution is -0.121. The Hall–Kier alpha value is -4.00. The zero-order chi connectivity index (χ0) is 25.1. The van der Waals surface area contributed by atoms with E-state index in [2.05, 4.69) is 29.5 Å². The lowest BCUT2D eigenvalue weighted by Gasteiger charge is -2.17. The number of anilines is 1. The van der Waals surface area contributed by atoms with E-state index in [1.807, 2.05) is 30.5 Å². The molecule has 6 nitrogen and oxygen atoms in total. The molecule has 2 N–H and O–H groups in total. The van der Waals surface area contributed by atoms with Gasteiger partial charge in [-0.05, 0) is 79.9 Å². The summed E-state index contributed by atoms with van der Waals surface area (Å²) in [6.45, 7) is 8.00. The zero-order valence-electron chi connectivity index (χ0n) is 20.3. The predicted octanol–water partition coefficient (Wildman–Crippen LogP) is 5.43. The van der Waals surface area contributed by atoms with E-state index >= 15 is 0 Å². The molecule has 0 saturated carbocycles. The summed E-state index contributed by atoms with van der Waals surface area (Å²) in [6, 6.07) is 18.8. The summed E-state index contributed by atoms with van der Waals surface area (Å²) >= 11 is 0. The fourth-order valence-corrected chi connectivity index (χ4v) is 3.82. The molecule has 1 heterocycles. The molecule has 180 valence electrons. The summed E-state index contributed by atoms with van der Waals surface area (Å²) in [5.74, 6) is 0.519. The molecule has 0 aliphatic carbocycles. The first kappa shape index (κ1) is 24.1. The number of hydrogen-bond acceptors (Lipinski definition) is 3. The first-order valence-electron chi connectivity index (χ1n) is 11.7. The van der Waals surface area contributed by atoms with Crippen LogP contribution in [0.15, 0.2) is 66.7 Å². The Morgan fingerprint density at radius 3 is 2.31 bits per heavy atom. The smallest absolute Gasteiger partial charge is 0.255 e. The summed E-state index contributed by atoms with van der Waals surface area (Å²) in [4.78, 5) is 29.7. The van der Waals surface area contributed by atoms with Crippen LogP contribution in [0.4, 0.5) is 10.1 Å². The van der Waals surface area contributed by atoms with Crippen LogP contribution in [-0.2, 0) is 11.2 Å². The highest BCUT2D eigenvalue weighted by atomic mass is 19.1. The van der Waals surface area contributed by atoms with Crippen LogP contribution in [0.1, 0.15) is 42.5 Å². The number of nitrogens with one attached hydrogen (secondary N) is 2. The zero-order valence-corrected chi connectivity index (χ0v) is 20.3. The van der Waals surface area contributed by atoms with Crippen molar-refractivity contribution in [2.24, 2.45) is 5.92 Å². The minimum absolute atomic E-state index is 0.0238. The maximum absolute atomic E-state index is 13.4. The molecule has 0 radical (unpaired) electrons. The molecule has 0 fully saturated rings. The summed E-state index contributed by atoms with van der Waals surface area (Å²) < 4.78 is 15.3. The third-order valence-corrected chi connectivity index (χ3v) is 6.13. The third-order valence-electron chi connectivity index (χ3n) is 6.13. The van der Waals surface area contributed by atoms with Gasteiger partial charge in [-0.15, -0.1) is 0 Å². The number of aromatic nitrogens is 2. The Kier molecular flexibility index (Phi) is 6.96. The van der Waals surface area contributed by atoms with Gasteiger partial charge >= 0.3 is 0 Å². The van der Waals surface area contributed by atoms with E-state index in [1.165, 1.54) is 12.1 Å². The molecule has 0 aliphatic rings. The number of amides is 2. The van der Waals surface area contributed by atoms with E-state index in [9.17, 15) is 14.0 Å². The van der Waals surface area contributed by atoms with Crippen LogP contribution in [0.25, 0.3) is 16.7 Å². The third kappa shape index (κ3) is 5.57. The van der Waals surface area contributed by atoms with Gasteiger partial charge in [0.1, 0.15) is 11.6 Å². The number of hydrogen-bond donors (Lipinski definition) is 2. The number of aryl methyl sites for hydroxylation is 1. The molecule has 0 saturated heterocycles. The summed E-state index contributed by atoms with van der Waals surface area (Å²) in [5.41, 5.74) is 4.27. The molecule has 0 aliphatic heterocycles. The molecule has 35 heavy (non-hydrogen) atoms. The molecule has 2 amide bonds. The summed E-state index contributed by atoms with van der Waals surface area (Å²) in [6.07, 6.45) is 0.286. The van der Waals surface area contributed by atoms with E-state index < -0.39 is 0 Å². The second-order valence-corrected chi connectivity index (χ2v) is 9.10. The predicted molar refractivity (Wildman–Crippen MR) is 136 cm³/mol. The van der Waals surface area contributed by atoms with Gasteiger partial charge < -0.3 is 10.6 Å². The van der Waals surface area contributed by atoms with Gasteiger partial charge in [-0.25, -0.2) is 9.37 Å². The van der Waals surface area contributed by atoms with Crippen LogP contribution in [0.3, 0.4) is 0 Å². The van der Waals surface area contributed by atoms with Crippen molar-refractivity contribution in [3.05, 3.63) is 89.5 Å². The van der Waals surface area contributed by atoms with Crippen molar-refractivity contribution in [3.8, 4) is 5.69 Å². The number of carbonyl (C=O) groups excluding carboxylic acids is 2. The van der Waals surface area contributed by atoms with E-state index in [4.69, 9.17) is 0 Å². The van der Waals surface area contributed by atoms with Crippen molar-refractivity contribution in [1.82, 2.24) is 14.9 Å². The van der Waals surface area contributed by atoms with Crippen molar-refractivity contribution < 1.29 is 14.0 Å². The minimum atomic E-state index is -0.312. The highest BCUT2D eigenvalue weighted by Gasteiger charge is 2.14. The number of nitrogens with zero attached hydrogens (tertiary/aromatic N) is 2. The molecule has 3 aromatic carbocycles. The van der Waals surface area contributed by atoms with Crippen molar-refractivity contribution in [1.29, 1.82) is 0 Å². The van der Waals surface area contributed by atoms with Crippen LogP contribution in [0.5, 0.6) is 0 Å². The van der Waals surface area contributed by atoms with Gasteiger partial charge in [0.15, 0.2) is 0 Å². The Morgan fingerprint density at radius 1 is 0.971 bits per heavy atom. The topological polar surface area (TPSA) is 76.0 Å². The second kappa shape index (κ2) is 10.1. The SMILES string of the molecule is Cc1nc2ccc(C(=O)Nc3ccc(CC(=O)NC(C)C(C)C)cc3)cc2n1-c1ccc(F)cc1. The normalized spacial score (nSPS) is 12.1. The molecular weight excluding hydrogens is 443 g/mol. The fourth-order valence-electron chi connectivity index (χ4n) is 3.82. The van der Waals surface area contributed by atoms with E-state index in [0.717, 1.165) is 28.1 Å². The van der Waals surface area contributed by atoms with Crippen LogP contribution in [-0.4, -0.2) is 27.4 Å². The van der Waals surface area contributed by atoms with Gasteiger partial charge in [0.25, 0.3) is 5.91 Å². The summed E-state index contributed by atoms with van der Waals surface area (Å²) in [5, 5.41) is 5.90. The monoisotopic (exact) mass is 472 g/mol. The molecule has 1 atom stereocenters. The Labute approximate surface area is 204 Å². The fraction of sp³-hybridized carbons (Fsp3) is 0.250. The number of fused-ring (bicyclic) bond motifs is 1. The number of rotatable bonds is 7. The standard InChI is InChI=1S/C28H29FN4O2/c1-17(2)18(3)30-27(34)15-20-5-10-23(11-6-20)32-28(35)21-7-14-25-26(16-21)33(19(4)31-25)24-12-8-22(29)9-13-24/h5-14,16-18H,15H2,1-4H3,(H,30,34)(H,32,35). The van der Waals surface area contributed by atoms with Gasteiger partial charge in [-0.2, -0.15) is 0 Å². The number of imidazole rings is 1. The molecule has 0 bridgehead atoms. The lowest BCUT2D eigenvalue weighted by Crippen LogP contribution is -2.37. The first-order chi connectivity index (χ1) is 16.7. The van der Waals surface area contributed by atoms with Gasteiger partial charge in [-0.1, -0.05) is 26.0 Å². The quantitative estimate of drug-likeness (QED) is 0.377. The van der Waals surface area contributed by atoms with Crippen molar-refractivity contribution in [2.45, 2.75) is 40.2 Å². The molecule has 4 rings (SSSR count). The average Bonchev–Trinajstić information content (AvgIpc) is 3.15. The van der Waals surface area contributed by atoms with Crippen LogP contribution in [0.2, 0.25) is 0 Å². The van der Waals surface area contributed by atoms with Crippen molar-refractivity contribution in [3.63, 3.8) is 0 Å². The average molecular weight is 473 g/mol. The number of carbonyl (C=O) groups is 2. The Bertz CT molecular complexity index is 1360. The molecule has 1 aromatic heterocycles. The molecule has 7 heteroatoms. The van der Waals surface area contributed by atoms with E-state index in [0.29, 0.717) is 17.2 Å². The van der Waals surface area contributed by atoms with Gasteiger partial charge in [0.2, 0.25) is 5.91 Å². The first-order valence-corrected chi connectivity index (χ1v) is 11.7. The van der Waals surface area contributed by atoms with Crippen LogP contribution < -0.4 is 10.6 Å². The highest BCUT2D eigenvalue weighted by molar-refractivity contribution is 6.06. The largest absolute Gasteiger partial charge is 0.353 e. The van der Waals surface area contributed by atoms with Gasteiger partial charge in [0.05, 0.1) is 17.5 Å². The second-order valence-electron chi connectivity index (χ2n) is 9.10. The number of halogens is 1. The van der Waals surface area contributed by atoms with E-state index in [1.54, 1.807) is 42.5 Å². The number of benzene rings is 3. The maximum Gasteiger partial charge on any atom is 0.255 e. The maximum atomic E-state index is 13.4. The van der Waals surface area contributed by atoms with Crippen LogP contribution in [0, 0.1) is 18.7 Å². The van der Waals surface area contributed by atoms with Crippen LogP contribution >= 0.6 is 0 Å². The van der Waals surface area contributed by atoms with Crippen molar-refractivity contribution >= 4 is 28.5 Å². The molecule has 1 unspecified atom stereocenters. The molecule has 4 aromatic rings. The molecular formula is C28H29FN4O2. The van der Waals surface area contributed by atoms with Crippen molar-refractivity contribution in [2.75, 3.05) is 5.32 Å². The Balaban J connectivity index is 1.48.